The molecule has 5 nitrogen and oxygen atoms in total. The number of carboxylic acids is 1. The van der Waals surface area contributed by atoms with Gasteiger partial charge in [0.1, 0.15) is 12.7 Å². The molecule has 1 atom stereocenters. The van der Waals surface area contributed by atoms with Crippen LogP contribution in [0.4, 0.5) is 0 Å². The first kappa shape index (κ1) is 24.6. The minimum Gasteiger partial charge on any atom is -0.477 e. The number of rotatable bonds is 18. The summed E-state index contributed by atoms with van der Waals surface area (Å²) in [6.07, 6.45) is 24.4. The molecular formula is C23H42N3O2+. The van der Waals surface area contributed by atoms with Gasteiger partial charge in [-0.3, -0.25) is 0 Å². The largest absolute Gasteiger partial charge is 0.477 e. The Labute approximate surface area is 172 Å². The molecule has 0 aromatic rings. The normalized spacial score (nSPS) is 18.9. The van der Waals surface area contributed by atoms with Crippen molar-refractivity contribution < 1.29 is 14.4 Å². The Balaban J connectivity index is 2.05. The summed E-state index contributed by atoms with van der Waals surface area (Å²) < 4.78 is 0.304. The lowest BCUT2D eigenvalue weighted by atomic mass is 10.1. The Hall–Kier alpha value is -1.46. The highest BCUT2D eigenvalue weighted by Gasteiger charge is 2.36. The van der Waals surface area contributed by atoms with Crippen molar-refractivity contribution in [1.29, 1.82) is 0 Å². The van der Waals surface area contributed by atoms with Crippen LogP contribution in [0.3, 0.4) is 0 Å². The highest BCUT2D eigenvalue weighted by atomic mass is 16.4. The topological polar surface area (TPSA) is 75.7 Å². The first-order valence-electron chi connectivity index (χ1n) is 11.3. The number of unbranched alkanes of at least 4 members (excludes halogenated alkanes) is 10. The lowest BCUT2D eigenvalue weighted by Crippen LogP contribution is -2.52. The molecular weight excluding hydrogens is 350 g/mol. The van der Waals surface area contributed by atoms with Crippen molar-refractivity contribution in [2.45, 2.75) is 90.4 Å². The Kier molecular flexibility index (Phi) is 13.6. The molecule has 1 rings (SSSR count). The standard InChI is InChI=1S/C23H41N3O2/c1-2-3-4-5-6-7-8-9-10-11-12-13-14-15-16-22-25-18-20-26(22,19-17-24)21-23(27)28/h5-6,18,20H,2-4,7-17,19,21,24H2,1H3/p+1/b6-5+. The quantitative estimate of drug-likeness (QED) is 0.187. The van der Waals surface area contributed by atoms with Crippen molar-refractivity contribution in [3.05, 3.63) is 24.6 Å². The van der Waals surface area contributed by atoms with Crippen LogP contribution in [0.5, 0.6) is 0 Å². The first-order chi connectivity index (χ1) is 13.6. The van der Waals surface area contributed by atoms with Crippen LogP contribution in [0.15, 0.2) is 29.5 Å². The van der Waals surface area contributed by atoms with Crippen molar-refractivity contribution >= 4 is 11.8 Å². The molecule has 0 amide bonds. The van der Waals surface area contributed by atoms with Crippen LogP contribution >= 0.6 is 0 Å². The van der Waals surface area contributed by atoms with E-state index in [-0.39, 0.29) is 6.54 Å². The molecule has 0 bridgehead atoms. The molecule has 1 aliphatic heterocycles. The number of hydrogen-bond acceptors (Lipinski definition) is 3. The number of nitrogens with two attached hydrogens (primary N) is 1. The van der Waals surface area contributed by atoms with Crippen LogP contribution in [0.25, 0.3) is 0 Å². The monoisotopic (exact) mass is 392 g/mol. The Bertz CT molecular complexity index is 514. The molecule has 0 aromatic carbocycles. The van der Waals surface area contributed by atoms with Crippen LogP contribution in [-0.4, -0.2) is 41.0 Å². The summed E-state index contributed by atoms with van der Waals surface area (Å²) in [4.78, 5) is 15.7. The Morgan fingerprint density at radius 1 is 1.04 bits per heavy atom. The van der Waals surface area contributed by atoms with Crippen molar-refractivity contribution in [2.75, 3.05) is 19.6 Å². The zero-order chi connectivity index (χ0) is 20.5. The van der Waals surface area contributed by atoms with Gasteiger partial charge >= 0.3 is 5.97 Å². The number of aliphatic imine (C=N–C) groups is 1. The van der Waals surface area contributed by atoms with E-state index in [9.17, 15) is 9.90 Å². The number of hydrogen-bond donors (Lipinski definition) is 2. The molecule has 0 radical (unpaired) electrons. The fourth-order valence-corrected chi connectivity index (χ4v) is 3.80. The van der Waals surface area contributed by atoms with Gasteiger partial charge in [-0.2, -0.15) is 0 Å². The van der Waals surface area contributed by atoms with Gasteiger partial charge in [-0.05, 0) is 25.7 Å². The molecule has 1 heterocycles. The van der Waals surface area contributed by atoms with E-state index >= 15 is 0 Å². The number of carbonyl (C=O) groups is 1. The Morgan fingerprint density at radius 2 is 1.64 bits per heavy atom. The van der Waals surface area contributed by atoms with E-state index in [2.05, 4.69) is 24.1 Å². The summed E-state index contributed by atoms with van der Waals surface area (Å²) >= 11 is 0. The van der Waals surface area contributed by atoms with Gasteiger partial charge in [-0.1, -0.05) is 70.4 Å². The third-order valence-electron chi connectivity index (χ3n) is 5.45. The summed E-state index contributed by atoms with van der Waals surface area (Å²) in [5.74, 6) is 0.156. The minimum absolute atomic E-state index is 0.0420. The van der Waals surface area contributed by atoms with Crippen molar-refractivity contribution in [2.24, 2.45) is 10.7 Å². The summed E-state index contributed by atoms with van der Waals surface area (Å²) in [6, 6.07) is 0. The predicted molar refractivity (Wildman–Crippen MR) is 118 cm³/mol. The van der Waals surface area contributed by atoms with E-state index in [0.29, 0.717) is 17.6 Å². The van der Waals surface area contributed by atoms with E-state index in [0.717, 1.165) is 18.7 Å². The lowest BCUT2D eigenvalue weighted by Gasteiger charge is -2.30. The van der Waals surface area contributed by atoms with Gasteiger partial charge in [0.2, 0.25) is 5.84 Å². The second kappa shape index (κ2) is 15.5. The number of allylic oxidation sites excluding steroid dienone is 2. The summed E-state index contributed by atoms with van der Waals surface area (Å²) in [7, 11) is 0. The molecule has 0 aromatic heterocycles. The van der Waals surface area contributed by atoms with Crippen LogP contribution < -0.4 is 5.73 Å². The van der Waals surface area contributed by atoms with Crippen molar-refractivity contribution in [3.8, 4) is 0 Å². The number of aliphatic carboxylic acids is 1. The zero-order valence-corrected chi connectivity index (χ0v) is 18.0. The molecule has 0 saturated heterocycles. The number of amidine groups is 1. The van der Waals surface area contributed by atoms with Crippen LogP contribution in [0, 0.1) is 0 Å². The van der Waals surface area contributed by atoms with E-state index in [4.69, 9.17) is 5.73 Å². The van der Waals surface area contributed by atoms with Crippen LogP contribution in [0.1, 0.15) is 90.4 Å². The van der Waals surface area contributed by atoms with Crippen molar-refractivity contribution in [1.82, 2.24) is 0 Å². The molecule has 0 fully saturated rings. The average Bonchev–Trinajstić information content (AvgIpc) is 3.03. The highest BCUT2D eigenvalue weighted by molar-refractivity contribution is 5.81. The lowest BCUT2D eigenvalue weighted by molar-refractivity contribution is -0.778. The second-order valence-corrected chi connectivity index (χ2v) is 7.92. The maximum Gasteiger partial charge on any atom is 0.360 e. The molecule has 28 heavy (non-hydrogen) atoms. The molecule has 0 saturated carbocycles. The smallest absolute Gasteiger partial charge is 0.360 e. The zero-order valence-electron chi connectivity index (χ0n) is 18.0. The van der Waals surface area contributed by atoms with Gasteiger partial charge in [-0.15, -0.1) is 0 Å². The predicted octanol–water partition coefficient (Wildman–Crippen LogP) is 5.38. The number of quaternary nitrogens is 1. The minimum atomic E-state index is -0.802. The van der Waals surface area contributed by atoms with Gasteiger partial charge in [0.05, 0.1) is 6.20 Å². The summed E-state index contributed by atoms with van der Waals surface area (Å²) in [6.45, 7) is 3.35. The van der Waals surface area contributed by atoms with Gasteiger partial charge in [0.25, 0.3) is 0 Å². The average molecular weight is 393 g/mol. The van der Waals surface area contributed by atoms with Gasteiger partial charge < -0.3 is 10.8 Å². The molecule has 0 spiro atoms. The molecule has 0 aliphatic carbocycles. The van der Waals surface area contributed by atoms with Crippen LogP contribution in [-0.2, 0) is 4.79 Å². The fraction of sp³-hybridized carbons (Fsp3) is 0.739. The molecule has 1 aliphatic rings. The Morgan fingerprint density at radius 3 is 2.25 bits per heavy atom. The second-order valence-electron chi connectivity index (χ2n) is 7.92. The van der Waals surface area contributed by atoms with E-state index < -0.39 is 5.97 Å². The van der Waals surface area contributed by atoms with Gasteiger partial charge in [0.15, 0.2) is 6.54 Å². The van der Waals surface area contributed by atoms with Gasteiger partial charge in [-0.25, -0.2) is 14.3 Å². The maximum absolute atomic E-state index is 11.2. The molecule has 3 N–H and O–H groups in total. The van der Waals surface area contributed by atoms with E-state index in [1.165, 1.54) is 70.6 Å². The van der Waals surface area contributed by atoms with E-state index in [1.54, 1.807) is 6.20 Å². The first-order valence-corrected chi connectivity index (χ1v) is 11.3. The summed E-state index contributed by atoms with van der Waals surface area (Å²) in [5, 5.41) is 9.23. The third-order valence-corrected chi connectivity index (χ3v) is 5.45. The van der Waals surface area contributed by atoms with Gasteiger partial charge in [0, 0.05) is 13.0 Å². The summed E-state index contributed by atoms with van der Waals surface area (Å²) in [5.41, 5.74) is 5.71. The fourth-order valence-electron chi connectivity index (χ4n) is 3.80. The molecule has 160 valence electrons. The van der Waals surface area contributed by atoms with Crippen molar-refractivity contribution in [3.63, 3.8) is 0 Å². The molecule has 1 unspecified atom stereocenters. The number of nitrogens with zero attached hydrogens (tertiary/aromatic N) is 2. The van der Waals surface area contributed by atoms with Crippen LogP contribution in [0.2, 0.25) is 0 Å². The van der Waals surface area contributed by atoms with E-state index in [1.807, 2.05) is 6.20 Å². The molecule has 5 heteroatoms. The SMILES string of the molecule is CCCC/C=C/CCCCCCCCCCC1=NC=C[N+]1(CCN)CC(=O)O. The highest BCUT2D eigenvalue weighted by Crippen LogP contribution is 2.21. The number of carboxylic acid groups (broad SMARTS) is 1. The maximum atomic E-state index is 11.2. The third kappa shape index (κ3) is 10.2.